The van der Waals surface area contributed by atoms with Gasteiger partial charge in [-0.2, -0.15) is 0 Å². The highest BCUT2D eigenvalue weighted by molar-refractivity contribution is 5.92. The molecule has 3 rings (SSSR count). The van der Waals surface area contributed by atoms with Crippen molar-refractivity contribution >= 4 is 11.9 Å². The van der Waals surface area contributed by atoms with Crippen LogP contribution in [-0.2, 0) is 13.0 Å². The Morgan fingerprint density at radius 2 is 2.21 bits per heavy atom. The highest BCUT2D eigenvalue weighted by Crippen LogP contribution is 2.18. The molecule has 0 fully saturated rings. The van der Waals surface area contributed by atoms with Crippen LogP contribution in [-0.4, -0.2) is 32.3 Å². The number of fused-ring (bicyclic) bond motifs is 1. The molecule has 2 aromatic rings. The molecule has 96 valence electrons. The molecule has 0 aromatic carbocycles. The summed E-state index contributed by atoms with van der Waals surface area (Å²) in [5, 5.41) is 0. The number of rotatable bonds is 1. The average molecular weight is 255 g/mol. The van der Waals surface area contributed by atoms with Gasteiger partial charge in [-0.05, 0) is 24.1 Å². The van der Waals surface area contributed by atoms with Crippen molar-refractivity contribution in [1.29, 1.82) is 0 Å². The molecule has 1 amide bonds. The van der Waals surface area contributed by atoms with Crippen molar-refractivity contribution in [2.45, 2.75) is 13.0 Å². The zero-order valence-electron chi connectivity index (χ0n) is 10.3. The van der Waals surface area contributed by atoms with Crippen molar-refractivity contribution in [1.82, 2.24) is 19.9 Å². The lowest BCUT2D eigenvalue weighted by Crippen LogP contribution is -2.37. The second kappa shape index (κ2) is 4.64. The Balaban J connectivity index is 1.84. The van der Waals surface area contributed by atoms with Crippen molar-refractivity contribution in [2.24, 2.45) is 0 Å². The first-order chi connectivity index (χ1) is 9.24. The predicted molar refractivity (Wildman–Crippen MR) is 69.1 cm³/mol. The summed E-state index contributed by atoms with van der Waals surface area (Å²) in [5.41, 5.74) is 7.91. The number of anilines is 1. The number of nitrogens with two attached hydrogens (primary N) is 1. The first kappa shape index (κ1) is 11.6. The molecule has 3 heterocycles. The van der Waals surface area contributed by atoms with E-state index in [1.165, 1.54) is 0 Å². The van der Waals surface area contributed by atoms with E-state index in [0.29, 0.717) is 18.8 Å². The van der Waals surface area contributed by atoms with E-state index < -0.39 is 0 Å². The van der Waals surface area contributed by atoms with Gasteiger partial charge in [-0.15, -0.1) is 0 Å². The molecule has 6 heteroatoms. The van der Waals surface area contributed by atoms with Crippen molar-refractivity contribution in [2.75, 3.05) is 12.3 Å². The number of carbonyl (C=O) groups excluding carboxylic acids is 1. The van der Waals surface area contributed by atoms with Crippen molar-refractivity contribution in [3.8, 4) is 0 Å². The molecule has 0 aliphatic carbocycles. The van der Waals surface area contributed by atoms with Crippen LogP contribution in [0.4, 0.5) is 5.95 Å². The number of hydrogen-bond donors (Lipinski definition) is 1. The molecule has 0 spiro atoms. The minimum atomic E-state index is -0.0802. The van der Waals surface area contributed by atoms with Gasteiger partial charge >= 0.3 is 0 Å². The monoisotopic (exact) mass is 255 g/mol. The SMILES string of the molecule is Nc1ncc2c(n1)CN(C(=O)c1ccccn1)CC2. The number of nitrogen functional groups attached to an aromatic ring is 1. The van der Waals surface area contributed by atoms with Crippen molar-refractivity contribution in [3.05, 3.63) is 47.5 Å². The molecule has 0 saturated heterocycles. The van der Waals surface area contributed by atoms with Crippen LogP contribution >= 0.6 is 0 Å². The highest BCUT2D eigenvalue weighted by atomic mass is 16.2. The normalized spacial score (nSPS) is 14.0. The summed E-state index contributed by atoms with van der Waals surface area (Å²) in [6, 6.07) is 5.31. The Morgan fingerprint density at radius 1 is 1.32 bits per heavy atom. The van der Waals surface area contributed by atoms with Crippen LogP contribution in [0.3, 0.4) is 0 Å². The van der Waals surface area contributed by atoms with Crippen LogP contribution in [0.2, 0.25) is 0 Å². The van der Waals surface area contributed by atoms with Crippen molar-refractivity contribution in [3.63, 3.8) is 0 Å². The van der Waals surface area contributed by atoms with E-state index in [9.17, 15) is 4.79 Å². The van der Waals surface area contributed by atoms with Gasteiger partial charge in [0.25, 0.3) is 5.91 Å². The molecule has 0 radical (unpaired) electrons. The van der Waals surface area contributed by atoms with Gasteiger partial charge in [0.2, 0.25) is 5.95 Å². The predicted octanol–water partition coefficient (Wildman–Crippen LogP) is 0.652. The summed E-state index contributed by atoms with van der Waals surface area (Å²) in [7, 11) is 0. The Bertz CT molecular complexity index is 614. The molecule has 6 nitrogen and oxygen atoms in total. The number of nitrogens with zero attached hydrogens (tertiary/aromatic N) is 4. The molecule has 1 aliphatic heterocycles. The van der Waals surface area contributed by atoms with Gasteiger partial charge in [0.05, 0.1) is 12.2 Å². The van der Waals surface area contributed by atoms with Crippen molar-refractivity contribution < 1.29 is 4.79 Å². The third kappa shape index (κ3) is 2.24. The molecule has 0 saturated carbocycles. The third-order valence-electron chi connectivity index (χ3n) is 3.14. The maximum absolute atomic E-state index is 12.3. The van der Waals surface area contributed by atoms with E-state index >= 15 is 0 Å². The molecule has 2 aromatic heterocycles. The third-order valence-corrected chi connectivity index (χ3v) is 3.14. The van der Waals surface area contributed by atoms with E-state index in [-0.39, 0.29) is 11.9 Å². The summed E-state index contributed by atoms with van der Waals surface area (Å²) < 4.78 is 0. The Morgan fingerprint density at radius 3 is 3.00 bits per heavy atom. The molecule has 1 aliphatic rings. The molecule has 0 atom stereocenters. The van der Waals surface area contributed by atoms with E-state index in [1.807, 2.05) is 0 Å². The van der Waals surface area contributed by atoms with Crippen LogP contribution < -0.4 is 5.73 Å². The zero-order chi connectivity index (χ0) is 13.2. The van der Waals surface area contributed by atoms with Gasteiger partial charge < -0.3 is 10.6 Å². The molecule has 0 unspecified atom stereocenters. The minimum absolute atomic E-state index is 0.0802. The largest absolute Gasteiger partial charge is 0.368 e. The van der Waals surface area contributed by atoms with Crippen LogP contribution in [0, 0.1) is 0 Å². The Labute approximate surface area is 110 Å². The van der Waals surface area contributed by atoms with Gasteiger partial charge in [-0.25, -0.2) is 9.97 Å². The van der Waals surface area contributed by atoms with Crippen LogP contribution in [0.1, 0.15) is 21.7 Å². The van der Waals surface area contributed by atoms with Gasteiger partial charge in [0, 0.05) is 18.9 Å². The molecule has 2 N–H and O–H groups in total. The fourth-order valence-corrected chi connectivity index (χ4v) is 2.14. The lowest BCUT2D eigenvalue weighted by atomic mass is 10.1. The van der Waals surface area contributed by atoms with E-state index in [2.05, 4.69) is 15.0 Å². The quantitative estimate of drug-likeness (QED) is 0.808. The summed E-state index contributed by atoms with van der Waals surface area (Å²) in [4.78, 5) is 26.3. The second-order valence-corrected chi connectivity index (χ2v) is 4.39. The van der Waals surface area contributed by atoms with Crippen LogP contribution in [0.25, 0.3) is 0 Å². The molecular weight excluding hydrogens is 242 g/mol. The number of amides is 1. The Hall–Kier alpha value is -2.50. The number of aromatic nitrogens is 3. The zero-order valence-corrected chi connectivity index (χ0v) is 10.3. The molecule has 0 bridgehead atoms. The fraction of sp³-hybridized carbons (Fsp3) is 0.231. The summed E-state index contributed by atoms with van der Waals surface area (Å²) in [6.07, 6.45) is 4.10. The van der Waals surface area contributed by atoms with E-state index in [0.717, 1.165) is 17.7 Å². The van der Waals surface area contributed by atoms with Gasteiger partial charge in [0.15, 0.2) is 0 Å². The van der Waals surface area contributed by atoms with E-state index in [4.69, 9.17) is 5.73 Å². The topological polar surface area (TPSA) is 85.0 Å². The van der Waals surface area contributed by atoms with Crippen LogP contribution in [0.15, 0.2) is 30.6 Å². The second-order valence-electron chi connectivity index (χ2n) is 4.39. The maximum Gasteiger partial charge on any atom is 0.272 e. The lowest BCUT2D eigenvalue weighted by molar-refractivity contribution is 0.0726. The Kier molecular flexibility index (Phi) is 2.83. The highest BCUT2D eigenvalue weighted by Gasteiger charge is 2.23. The molecule has 19 heavy (non-hydrogen) atoms. The summed E-state index contributed by atoms with van der Waals surface area (Å²) in [5.74, 6) is 0.161. The van der Waals surface area contributed by atoms with Gasteiger partial charge in [-0.3, -0.25) is 9.78 Å². The number of carbonyl (C=O) groups is 1. The molecular formula is C13H13N5O. The van der Waals surface area contributed by atoms with Gasteiger partial charge in [0.1, 0.15) is 5.69 Å². The smallest absolute Gasteiger partial charge is 0.272 e. The lowest BCUT2D eigenvalue weighted by Gasteiger charge is -2.27. The fourth-order valence-electron chi connectivity index (χ4n) is 2.14. The van der Waals surface area contributed by atoms with Gasteiger partial charge in [-0.1, -0.05) is 6.07 Å². The standard InChI is InChI=1S/C13H13N5O/c14-13-16-7-9-4-6-18(8-11(9)17-13)12(19)10-3-1-2-5-15-10/h1-3,5,7H,4,6,8H2,(H2,14,16,17). The first-order valence-electron chi connectivity index (χ1n) is 6.04. The summed E-state index contributed by atoms with van der Waals surface area (Å²) in [6.45, 7) is 1.10. The summed E-state index contributed by atoms with van der Waals surface area (Å²) >= 11 is 0. The number of hydrogen-bond acceptors (Lipinski definition) is 5. The number of pyridine rings is 1. The van der Waals surface area contributed by atoms with Crippen LogP contribution in [0.5, 0.6) is 0 Å². The maximum atomic E-state index is 12.3. The average Bonchev–Trinajstić information content (AvgIpc) is 2.46. The van der Waals surface area contributed by atoms with E-state index in [1.54, 1.807) is 35.5 Å². The first-order valence-corrected chi connectivity index (χ1v) is 6.04. The minimum Gasteiger partial charge on any atom is -0.368 e.